The van der Waals surface area contributed by atoms with Gasteiger partial charge in [-0.3, -0.25) is 9.59 Å². The van der Waals surface area contributed by atoms with Crippen LogP contribution in [0, 0.1) is 22.7 Å². The molecule has 0 bridgehead atoms. The monoisotopic (exact) mass is 742 g/mol. The van der Waals surface area contributed by atoms with Gasteiger partial charge in [-0.25, -0.2) is 4.90 Å². The van der Waals surface area contributed by atoms with Crippen molar-refractivity contribution < 1.29 is 9.59 Å². The lowest BCUT2D eigenvalue weighted by Gasteiger charge is -2.20. The summed E-state index contributed by atoms with van der Waals surface area (Å²) in [6, 6.07) is 62.8. The topological polar surface area (TPSA) is 89.9 Å². The van der Waals surface area contributed by atoms with Crippen LogP contribution in [0.15, 0.2) is 182 Å². The van der Waals surface area contributed by atoms with Crippen molar-refractivity contribution in [2.24, 2.45) is 0 Å². The summed E-state index contributed by atoms with van der Waals surface area (Å²) in [6.07, 6.45) is 0. The molecular weight excluding hydrogens is 713 g/mol. The molecule has 6 heteroatoms. The van der Waals surface area contributed by atoms with E-state index in [-0.39, 0.29) is 0 Å². The molecule has 0 fully saturated rings. The minimum Gasteiger partial charge on any atom is -0.307 e. The zero-order chi connectivity index (χ0) is 39.3. The molecule has 9 aromatic rings. The quantitative estimate of drug-likeness (QED) is 0.159. The fourth-order valence-corrected chi connectivity index (χ4v) is 8.40. The smallest absolute Gasteiger partial charge is 0.268 e. The molecule has 58 heavy (non-hydrogen) atoms. The molecule has 10 rings (SSSR count). The van der Waals surface area contributed by atoms with Crippen LogP contribution in [0.2, 0.25) is 0 Å². The molecule has 0 atom stereocenters. The summed E-state index contributed by atoms with van der Waals surface area (Å²) in [5, 5.41) is 21.6. The Bertz CT molecular complexity index is 3130. The van der Waals surface area contributed by atoms with E-state index in [1.54, 1.807) is 18.2 Å². The van der Waals surface area contributed by atoms with E-state index in [0.717, 1.165) is 66.3 Å². The summed E-state index contributed by atoms with van der Waals surface area (Å²) < 4.78 is 2.09. The third-order valence-corrected chi connectivity index (χ3v) is 11.0. The van der Waals surface area contributed by atoms with Crippen LogP contribution in [0.25, 0.3) is 72.0 Å². The normalized spacial score (nSPS) is 12.1. The predicted octanol–water partition coefficient (Wildman–Crippen LogP) is 12.0. The number of rotatable bonds is 6. The first-order valence-electron chi connectivity index (χ1n) is 18.9. The highest BCUT2D eigenvalue weighted by Gasteiger charge is 2.40. The van der Waals surface area contributed by atoms with E-state index in [1.807, 2.05) is 152 Å². The average Bonchev–Trinajstić information content (AvgIpc) is 3.77. The molecule has 1 aliphatic rings. The lowest BCUT2D eigenvalue weighted by Crippen LogP contribution is -2.30. The minimum absolute atomic E-state index is 0.290. The van der Waals surface area contributed by atoms with E-state index in [4.69, 9.17) is 0 Å². The number of imide groups is 1. The minimum atomic E-state index is -0.428. The molecule has 8 aromatic carbocycles. The lowest BCUT2D eigenvalue weighted by atomic mass is 9.97. The van der Waals surface area contributed by atoms with Gasteiger partial charge in [0.2, 0.25) is 0 Å². The molecule has 0 aliphatic carbocycles. The fraction of sp³-hybridized carbons (Fsp3) is 0. The number of anilines is 1. The maximum absolute atomic E-state index is 15.2. The van der Waals surface area contributed by atoms with E-state index in [2.05, 4.69) is 28.8 Å². The SMILES string of the molecule is N#Cc1cccc(-c2cccc3c4cccc(-c5cccc(C#N)c5)c4n(-c4cccc5c4C(=O)N(c4ccc(-c6ccccc6)cc4-c4ccccc4)C5=O)c23)c1. The standard InChI is InChI=1S/C52H30N4O2/c53-31-33-12-7-18-38(28-33)40-20-9-22-42-43-23-10-21-41(39-19-8-13-34(29-39)32-54)50(43)55(49(40)42)47-25-11-24-44-48(47)52(58)56(51(44)57)46-27-26-37(35-14-3-1-4-15-35)30-45(46)36-16-5-2-6-17-36/h1-30H. The molecule has 0 N–H and O–H groups in total. The second kappa shape index (κ2) is 13.8. The summed E-state index contributed by atoms with van der Waals surface area (Å²) >= 11 is 0. The molecule has 1 aromatic heterocycles. The van der Waals surface area contributed by atoms with E-state index in [1.165, 1.54) is 4.90 Å². The second-order valence-electron chi connectivity index (χ2n) is 14.2. The van der Waals surface area contributed by atoms with Gasteiger partial charge in [-0.2, -0.15) is 10.5 Å². The van der Waals surface area contributed by atoms with Gasteiger partial charge in [0, 0.05) is 27.5 Å². The molecule has 0 saturated carbocycles. The summed E-state index contributed by atoms with van der Waals surface area (Å²) in [6.45, 7) is 0. The number of nitrogens with zero attached hydrogens (tertiary/aromatic N) is 4. The first-order chi connectivity index (χ1) is 28.5. The lowest BCUT2D eigenvalue weighted by molar-refractivity contribution is 0.0926. The van der Waals surface area contributed by atoms with Crippen molar-refractivity contribution in [3.05, 3.63) is 204 Å². The van der Waals surface area contributed by atoms with E-state index < -0.39 is 11.8 Å². The Kier molecular flexibility index (Phi) is 8.11. The van der Waals surface area contributed by atoms with Crippen LogP contribution in [0.4, 0.5) is 5.69 Å². The number of carbonyl (C=O) groups is 2. The van der Waals surface area contributed by atoms with Crippen molar-refractivity contribution in [3.8, 4) is 62.3 Å². The fourth-order valence-electron chi connectivity index (χ4n) is 8.40. The van der Waals surface area contributed by atoms with Gasteiger partial charge in [0.25, 0.3) is 11.8 Å². The molecule has 0 unspecified atom stereocenters. The molecule has 6 nitrogen and oxygen atoms in total. The third kappa shape index (κ3) is 5.40. The predicted molar refractivity (Wildman–Crippen MR) is 230 cm³/mol. The Morgan fingerprint density at radius 2 is 0.897 bits per heavy atom. The zero-order valence-corrected chi connectivity index (χ0v) is 30.9. The zero-order valence-electron chi connectivity index (χ0n) is 30.9. The number of hydrogen-bond acceptors (Lipinski definition) is 4. The van der Waals surface area contributed by atoms with Crippen molar-refractivity contribution in [1.29, 1.82) is 10.5 Å². The molecule has 2 amide bonds. The summed E-state index contributed by atoms with van der Waals surface area (Å²) in [5.41, 5.74) is 11.3. The summed E-state index contributed by atoms with van der Waals surface area (Å²) in [5.74, 6) is -0.834. The largest absolute Gasteiger partial charge is 0.307 e. The van der Waals surface area contributed by atoms with Crippen molar-refractivity contribution in [3.63, 3.8) is 0 Å². The molecule has 0 radical (unpaired) electrons. The van der Waals surface area contributed by atoms with Crippen molar-refractivity contribution in [2.75, 3.05) is 4.90 Å². The van der Waals surface area contributed by atoms with Crippen LogP contribution in [0.3, 0.4) is 0 Å². The van der Waals surface area contributed by atoms with Gasteiger partial charge < -0.3 is 4.57 Å². The van der Waals surface area contributed by atoms with Crippen LogP contribution in [0.1, 0.15) is 31.8 Å². The molecular formula is C52H30N4O2. The van der Waals surface area contributed by atoms with Gasteiger partial charge in [0.15, 0.2) is 0 Å². The highest BCUT2D eigenvalue weighted by atomic mass is 16.2. The maximum atomic E-state index is 15.2. The van der Waals surface area contributed by atoms with Gasteiger partial charge in [-0.1, -0.05) is 133 Å². The Morgan fingerprint density at radius 1 is 0.379 bits per heavy atom. The molecule has 0 spiro atoms. The first kappa shape index (κ1) is 34.2. The van der Waals surface area contributed by atoms with Gasteiger partial charge >= 0.3 is 0 Å². The molecule has 2 heterocycles. The number of hydrogen-bond donors (Lipinski definition) is 0. The Balaban J connectivity index is 1.25. The van der Waals surface area contributed by atoms with Crippen LogP contribution >= 0.6 is 0 Å². The molecule has 1 aliphatic heterocycles. The highest BCUT2D eigenvalue weighted by Crippen LogP contribution is 2.45. The van der Waals surface area contributed by atoms with E-state index >= 15 is 4.79 Å². The van der Waals surface area contributed by atoms with Crippen molar-refractivity contribution in [2.45, 2.75) is 0 Å². The third-order valence-electron chi connectivity index (χ3n) is 11.0. The highest BCUT2D eigenvalue weighted by molar-refractivity contribution is 6.36. The number of nitriles is 2. The number of para-hydroxylation sites is 2. The van der Waals surface area contributed by atoms with Crippen molar-refractivity contribution >= 4 is 39.3 Å². The Labute approximate surface area is 334 Å². The van der Waals surface area contributed by atoms with Crippen LogP contribution in [-0.4, -0.2) is 16.4 Å². The van der Waals surface area contributed by atoms with Gasteiger partial charge in [0.1, 0.15) is 0 Å². The van der Waals surface area contributed by atoms with Crippen LogP contribution < -0.4 is 4.90 Å². The van der Waals surface area contributed by atoms with Crippen LogP contribution in [0.5, 0.6) is 0 Å². The Morgan fingerprint density at radius 3 is 1.48 bits per heavy atom. The van der Waals surface area contributed by atoms with E-state index in [9.17, 15) is 15.3 Å². The van der Waals surface area contributed by atoms with Crippen LogP contribution in [-0.2, 0) is 0 Å². The van der Waals surface area contributed by atoms with Gasteiger partial charge in [0.05, 0.1) is 56.8 Å². The van der Waals surface area contributed by atoms with Gasteiger partial charge in [-0.05, 0) is 76.3 Å². The van der Waals surface area contributed by atoms with Gasteiger partial charge in [-0.15, -0.1) is 0 Å². The maximum Gasteiger partial charge on any atom is 0.268 e. The first-order valence-corrected chi connectivity index (χ1v) is 18.9. The number of benzene rings is 8. The summed E-state index contributed by atoms with van der Waals surface area (Å²) in [4.78, 5) is 31.3. The van der Waals surface area contributed by atoms with Crippen molar-refractivity contribution in [1.82, 2.24) is 4.57 Å². The number of carbonyl (C=O) groups excluding carboxylic acids is 2. The number of fused-ring (bicyclic) bond motifs is 4. The second-order valence-corrected chi connectivity index (χ2v) is 14.2. The molecule has 270 valence electrons. The van der Waals surface area contributed by atoms with E-state index in [0.29, 0.717) is 33.6 Å². The average molecular weight is 743 g/mol. The Hall–Kier alpha value is -8.32. The number of amides is 2. The molecule has 0 saturated heterocycles. The summed E-state index contributed by atoms with van der Waals surface area (Å²) in [7, 11) is 0. The number of aromatic nitrogens is 1.